The highest BCUT2D eigenvalue weighted by Crippen LogP contribution is 2.42. The number of rotatable bonds is 3. The normalized spacial score (nSPS) is 28.4. The third kappa shape index (κ3) is 3.36. The Morgan fingerprint density at radius 2 is 1.95 bits per heavy atom. The number of hydrogen-bond donors (Lipinski definition) is 1. The van der Waals surface area contributed by atoms with Crippen LogP contribution in [0.1, 0.15) is 45.6 Å². The molecule has 1 N–H and O–H groups in total. The van der Waals surface area contributed by atoms with Gasteiger partial charge < -0.3 is 5.11 Å². The van der Waals surface area contributed by atoms with E-state index in [-0.39, 0.29) is 23.3 Å². The minimum Gasteiger partial charge on any atom is -0.393 e. The van der Waals surface area contributed by atoms with Crippen molar-refractivity contribution in [3.05, 3.63) is 35.6 Å². The van der Waals surface area contributed by atoms with E-state index in [1.807, 2.05) is 12.1 Å². The van der Waals surface area contributed by atoms with Crippen LogP contribution in [0.25, 0.3) is 0 Å². The lowest BCUT2D eigenvalue weighted by Gasteiger charge is -2.42. The lowest BCUT2D eigenvalue weighted by atomic mass is 9.65. The fourth-order valence-electron chi connectivity index (χ4n) is 3.53. The molecule has 0 bridgehead atoms. The summed E-state index contributed by atoms with van der Waals surface area (Å²) >= 11 is 0. The van der Waals surface area contributed by atoms with Crippen molar-refractivity contribution in [2.75, 3.05) is 0 Å². The molecule has 0 amide bonds. The van der Waals surface area contributed by atoms with Crippen LogP contribution in [0.3, 0.4) is 0 Å². The maximum atomic E-state index is 13.8. The van der Waals surface area contributed by atoms with Gasteiger partial charge in [-0.05, 0) is 48.1 Å². The summed E-state index contributed by atoms with van der Waals surface area (Å²) in [6.45, 7) is 6.51. The molecule has 0 radical (unpaired) electrons. The molecule has 3 atom stereocenters. The predicted molar refractivity (Wildman–Crippen MR) is 76.4 cm³/mol. The molecule has 2 heteroatoms. The van der Waals surface area contributed by atoms with E-state index >= 15 is 0 Å². The zero-order chi connectivity index (χ0) is 14.0. The molecule has 3 unspecified atom stereocenters. The molecule has 0 aliphatic heterocycles. The van der Waals surface area contributed by atoms with Crippen LogP contribution in [0.2, 0.25) is 0 Å². The van der Waals surface area contributed by atoms with E-state index in [9.17, 15) is 9.50 Å². The monoisotopic (exact) mass is 264 g/mol. The van der Waals surface area contributed by atoms with Crippen LogP contribution in [-0.2, 0) is 6.42 Å². The number of aliphatic hydroxyl groups is 1. The average Bonchev–Trinajstić information content (AvgIpc) is 2.31. The molecule has 2 rings (SSSR count). The second-order valence-corrected chi connectivity index (χ2v) is 6.85. The van der Waals surface area contributed by atoms with Crippen molar-refractivity contribution in [2.45, 2.75) is 52.6 Å². The Bertz CT molecular complexity index is 427. The first kappa shape index (κ1) is 14.5. The molecule has 1 aromatic carbocycles. The van der Waals surface area contributed by atoms with Crippen molar-refractivity contribution in [3.8, 4) is 0 Å². The Hall–Kier alpha value is -0.890. The summed E-state index contributed by atoms with van der Waals surface area (Å²) in [6.07, 6.45) is 3.54. The molecule has 0 saturated heterocycles. The van der Waals surface area contributed by atoms with Crippen LogP contribution in [-0.4, -0.2) is 11.2 Å². The molecule has 1 aromatic rings. The summed E-state index contributed by atoms with van der Waals surface area (Å²) < 4.78 is 13.8. The summed E-state index contributed by atoms with van der Waals surface area (Å²) in [5, 5.41) is 10.3. The molecular formula is C17H25FO. The van der Waals surface area contributed by atoms with Gasteiger partial charge in [0.25, 0.3) is 0 Å². The molecule has 0 heterocycles. The smallest absolute Gasteiger partial charge is 0.126 e. The van der Waals surface area contributed by atoms with E-state index in [1.165, 1.54) is 12.5 Å². The molecule has 19 heavy (non-hydrogen) atoms. The van der Waals surface area contributed by atoms with Crippen LogP contribution in [0, 0.1) is 23.1 Å². The SMILES string of the molecule is CC1CCC(C(C)(C)Cc2ccccc2F)C(O)C1. The zero-order valence-electron chi connectivity index (χ0n) is 12.2. The standard InChI is InChI=1S/C17H25FO/c1-12-8-9-14(16(19)10-12)17(2,3)11-13-6-4-5-7-15(13)18/h4-7,12,14,16,19H,8-11H2,1-3H3. The van der Waals surface area contributed by atoms with Gasteiger partial charge in [0, 0.05) is 0 Å². The van der Waals surface area contributed by atoms with Gasteiger partial charge in [0.15, 0.2) is 0 Å². The summed E-state index contributed by atoms with van der Waals surface area (Å²) in [6, 6.07) is 6.98. The van der Waals surface area contributed by atoms with Gasteiger partial charge in [0.05, 0.1) is 6.10 Å². The third-order valence-electron chi connectivity index (χ3n) is 4.69. The van der Waals surface area contributed by atoms with Crippen LogP contribution >= 0.6 is 0 Å². The van der Waals surface area contributed by atoms with Crippen LogP contribution in [0.15, 0.2) is 24.3 Å². The van der Waals surface area contributed by atoms with E-state index in [1.54, 1.807) is 6.07 Å². The molecule has 0 spiro atoms. The summed E-state index contributed by atoms with van der Waals surface area (Å²) in [5.41, 5.74) is 0.695. The minimum atomic E-state index is -0.245. The number of hydrogen-bond acceptors (Lipinski definition) is 1. The van der Waals surface area contributed by atoms with E-state index in [4.69, 9.17) is 0 Å². The molecule has 1 fully saturated rings. The highest BCUT2D eigenvalue weighted by atomic mass is 19.1. The lowest BCUT2D eigenvalue weighted by molar-refractivity contribution is -0.0128. The van der Waals surface area contributed by atoms with Gasteiger partial charge in [-0.3, -0.25) is 0 Å². The number of halogens is 1. The Morgan fingerprint density at radius 1 is 1.26 bits per heavy atom. The molecule has 1 nitrogen and oxygen atoms in total. The molecule has 1 aliphatic carbocycles. The van der Waals surface area contributed by atoms with Gasteiger partial charge in [-0.15, -0.1) is 0 Å². The first-order chi connectivity index (χ1) is 8.90. The van der Waals surface area contributed by atoms with Crippen molar-refractivity contribution in [1.29, 1.82) is 0 Å². The van der Waals surface area contributed by atoms with Crippen LogP contribution in [0.5, 0.6) is 0 Å². The van der Waals surface area contributed by atoms with Crippen LogP contribution < -0.4 is 0 Å². The van der Waals surface area contributed by atoms with Crippen molar-refractivity contribution < 1.29 is 9.50 Å². The lowest BCUT2D eigenvalue weighted by Crippen LogP contribution is -2.39. The predicted octanol–water partition coefficient (Wildman–Crippen LogP) is 4.19. The summed E-state index contributed by atoms with van der Waals surface area (Å²) in [7, 11) is 0. The maximum Gasteiger partial charge on any atom is 0.126 e. The van der Waals surface area contributed by atoms with Gasteiger partial charge in [0.2, 0.25) is 0 Å². The first-order valence-corrected chi connectivity index (χ1v) is 7.31. The van der Waals surface area contributed by atoms with Crippen LogP contribution in [0.4, 0.5) is 4.39 Å². The Kier molecular flexibility index (Phi) is 4.29. The van der Waals surface area contributed by atoms with Crippen molar-refractivity contribution >= 4 is 0 Å². The number of aliphatic hydroxyl groups excluding tert-OH is 1. The van der Waals surface area contributed by atoms with E-state index in [0.717, 1.165) is 18.4 Å². The van der Waals surface area contributed by atoms with Gasteiger partial charge in [0.1, 0.15) is 5.82 Å². The fourth-order valence-corrected chi connectivity index (χ4v) is 3.53. The second-order valence-electron chi connectivity index (χ2n) is 6.85. The van der Waals surface area contributed by atoms with Gasteiger partial charge in [-0.1, -0.05) is 45.4 Å². The molecule has 106 valence electrons. The topological polar surface area (TPSA) is 20.2 Å². The van der Waals surface area contributed by atoms with Gasteiger partial charge in [-0.2, -0.15) is 0 Å². The van der Waals surface area contributed by atoms with Crippen molar-refractivity contribution in [1.82, 2.24) is 0 Å². The summed E-state index contributed by atoms with van der Waals surface area (Å²) in [4.78, 5) is 0. The average molecular weight is 264 g/mol. The largest absolute Gasteiger partial charge is 0.393 e. The number of benzene rings is 1. The quantitative estimate of drug-likeness (QED) is 0.868. The molecular weight excluding hydrogens is 239 g/mol. The van der Waals surface area contributed by atoms with E-state index in [2.05, 4.69) is 20.8 Å². The molecule has 1 aliphatic rings. The molecule has 1 saturated carbocycles. The highest BCUT2D eigenvalue weighted by molar-refractivity contribution is 5.19. The van der Waals surface area contributed by atoms with Crippen molar-refractivity contribution in [2.24, 2.45) is 17.3 Å². The van der Waals surface area contributed by atoms with E-state index in [0.29, 0.717) is 12.3 Å². The third-order valence-corrected chi connectivity index (χ3v) is 4.69. The van der Waals surface area contributed by atoms with E-state index < -0.39 is 0 Å². The van der Waals surface area contributed by atoms with Gasteiger partial charge >= 0.3 is 0 Å². The molecule has 0 aromatic heterocycles. The fraction of sp³-hybridized carbons (Fsp3) is 0.647. The highest BCUT2D eigenvalue weighted by Gasteiger charge is 2.38. The first-order valence-electron chi connectivity index (χ1n) is 7.31. The Morgan fingerprint density at radius 3 is 2.58 bits per heavy atom. The Balaban J connectivity index is 2.12. The minimum absolute atomic E-state index is 0.0677. The second kappa shape index (κ2) is 5.62. The van der Waals surface area contributed by atoms with Crippen molar-refractivity contribution in [3.63, 3.8) is 0 Å². The summed E-state index contributed by atoms with van der Waals surface area (Å²) in [5.74, 6) is 0.744. The maximum absolute atomic E-state index is 13.8. The van der Waals surface area contributed by atoms with Gasteiger partial charge in [-0.25, -0.2) is 4.39 Å². The Labute approximate surface area is 115 Å². The zero-order valence-corrected chi connectivity index (χ0v) is 12.2.